The molecule has 106 valence electrons. The third-order valence-corrected chi connectivity index (χ3v) is 3.02. The Hall–Kier alpha value is -2.44. The van der Waals surface area contributed by atoms with Gasteiger partial charge in [0.05, 0.1) is 12.6 Å². The van der Waals surface area contributed by atoms with Crippen molar-refractivity contribution in [2.45, 2.75) is 20.3 Å². The number of carbonyl (C=O) groups excluding carboxylic acids is 1. The second-order valence-corrected chi connectivity index (χ2v) is 4.70. The van der Waals surface area contributed by atoms with E-state index in [-0.39, 0.29) is 18.9 Å². The zero-order valence-corrected chi connectivity index (χ0v) is 11.6. The molecule has 0 aliphatic carbocycles. The minimum Gasteiger partial charge on any atom is -0.481 e. The van der Waals surface area contributed by atoms with Gasteiger partial charge in [-0.1, -0.05) is 0 Å². The van der Waals surface area contributed by atoms with E-state index in [1.165, 1.54) is 11.1 Å². The normalized spacial score (nSPS) is 10.8. The first kappa shape index (κ1) is 14.0. The lowest BCUT2D eigenvalue weighted by Gasteiger charge is -2.15. The van der Waals surface area contributed by atoms with E-state index < -0.39 is 5.97 Å². The van der Waals surface area contributed by atoms with Crippen molar-refractivity contribution in [1.29, 1.82) is 0 Å². The summed E-state index contributed by atoms with van der Waals surface area (Å²) in [6.07, 6.45) is 1.38. The smallest absolute Gasteiger partial charge is 0.305 e. The molecule has 0 atom stereocenters. The van der Waals surface area contributed by atoms with Gasteiger partial charge >= 0.3 is 5.97 Å². The number of carboxylic acids is 1. The second-order valence-electron chi connectivity index (χ2n) is 4.70. The minimum atomic E-state index is -0.936. The molecule has 20 heavy (non-hydrogen) atoms. The van der Waals surface area contributed by atoms with E-state index in [1.54, 1.807) is 11.6 Å². The average molecular weight is 276 g/mol. The lowest BCUT2D eigenvalue weighted by molar-refractivity contribution is -0.137. The maximum absolute atomic E-state index is 12.3. The first-order valence-electron chi connectivity index (χ1n) is 6.19. The van der Waals surface area contributed by atoms with E-state index in [1.807, 2.05) is 19.9 Å². The molecule has 0 saturated heterocycles. The SMILES string of the molecule is Cc1cc(C)n2ncc(C(=O)N(C)CCC(=O)O)c2n1. The monoisotopic (exact) mass is 276 g/mol. The van der Waals surface area contributed by atoms with Gasteiger partial charge in [-0.05, 0) is 19.9 Å². The maximum atomic E-state index is 12.3. The van der Waals surface area contributed by atoms with Crippen LogP contribution in [-0.2, 0) is 4.79 Å². The van der Waals surface area contributed by atoms with Crippen LogP contribution < -0.4 is 0 Å². The molecular formula is C13H16N4O3. The average Bonchev–Trinajstić information content (AvgIpc) is 2.78. The molecule has 2 rings (SSSR count). The third kappa shape index (κ3) is 2.61. The zero-order valence-electron chi connectivity index (χ0n) is 11.6. The Bertz CT molecular complexity index is 678. The molecule has 1 N–H and O–H groups in total. The summed E-state index contributed by atoms with van der Waals surface area (Å²) in [5.41, 5.74) is 2.57. The Morgan fingerprint density at radius 2 is 2.10 bits per heavy atom. The van der Waals surface area contributed by atoms with Crippen molar-refractivity contribution in [3.8, 4) is 0 Å². The van der Waals surface area contributed by atoms with Gasteiger partial charge in [0.15, 0.2) is 5.65 Å². The first-order valence-corrected chi connectivity index (χ1v) is 6.19. The van der Waals surface area contributed by atoms with Crippen LogP contribution >= 0.6 is 0 Å². The molecule has 2 aromatic rings. The fourth-order valence-electron chi connectivity index (χ4n) is 1.99. The van der Waals surface area contributed by atoms with Gasteiger partial charge in [0, 0.05) is 25.0 Å². The van der Waals surface area contributed by atoms with Crippen LogP contribution in [0.5, 0.6) is 0 Å². The fraction of sp³-hybridized carbons (Fsp3) is 0.385. The molecule has 7 heteroatoms. The van der Waals surface area contributed by atoms with Crippen LogP contribution in [0.4, 0.5) is 0 Å². The zero-order chi connectivity index (χ0) is 14.9. The van der Waals surface area contributed by atoms with E-state index in [0.717, 1.165) is 11.4 Å². The van der Waals surface area contributed by atoms with E-state index in [0.29, 0.717) is 11.2 Å². The van der Waals surface area contributed by atoms with E-state index in [4.69, 9.17) is 5.11 Å². The minimum absolute atomic E-state index is 0.0903. The molecule has 2 aromatic heterocycles. The van der Waals surface area contributed by atoms with Crippen molar-refractivity contribution in [3.63, 3.8) is 0 Å². The first-order chi connectivity index (χ1) is 9.40. The van der Waals surface area contributed by atoms with Crippen LogP contribution in [-0.4, -0.2) is 50.1 Å². The Balaban J connectivity index is 2.33. The summed E-state index contributed by atoms with van der Waals surface area (Å²) >= 11 is 0. The van der Waals surface area contributed by atoms with Gasteiger partial charge in [0.25, 0.3) is 5.91 Å². The van der Waals surface area contributed by atoms with Crippen molar-refractivity contribution >= 4 is 17.5 Å². The predicted octanol–water partition coefficient (Wildman–Crippen LogP) is 0.893. The predicted molar refractivity (Wildman–Crippen MR) is 71.7 cm³/mol. The van der Waals surface area contributed by atoms with Gasteiger partial charge in [0.1, 0.15) is 5.56 Å². The highest BCUT2D eigenvalue weighted by Crippen LogP contribution is 2.13. The number of rotatable bonds is 4. The lowest BCUT2D eigenvalue weighted by atomic mass is 10.2. The standard InChI is InChI=1S/C13H16N4O3/c1-8-6-9(2)17-12(15-8)10(7-14-17)13(20)16(3)5-4-11(18)19/h6-7H,4-5H2,1-3H3,(H,18,19). The molecule has 0 aliphatic rings. The van der Waals surface area contributed by atoms with Gasteiger partial charge < -0.3 is 10.0 Å². The van der Waals surface area contributed by atoms with Crippen LogP contribution in [0.2, 0.25) is 0 Å². The number of nitrogens with zero attached hydrogens (tertiary/aromatic N) is 4. The van der Waals surface area contributed by atoms with Crippen molar-refractivity contribution in [1.82, 2.24) is 19.5 Å². The quantitative estimate of drug-likeness (QED) is 0.896. The van der Waals surface area contributed by atoms with Gasteiger partial charge in [0.2, 0.25) is 0 Å². The van der Waals surface area contributed by atoms with Crippen LogP contribution in [0.15, 0.2) is 12.3 Å². The van der Waals surface area contributed by atoms with Crippen LogP contribution in [0.3, 0.4) is 0 Å². The molecule has 2 heterocycles. The van der Waals surface area contributed by atoms with Gasteiger partial charge in [-0.2, -0.15) is 5.10 Å². The molecular weight excluding hydrogens is 260 g/mol. The number of aliphatic carboxylic acids is 1. The molecule has 0 spiro atoms. The highest BCUT2D eigenvalue weighted by molar-refractivity contribution is 5.99. The molecule has 1 amide bonds. The maximum Gasteiger partial charge on any atom is 0.305 e. The van der Waals surface area contributed by atoms with Crippen molar-refractivity contribution in [2.75, 3.05) is 13.6 Å². The largest absolute Gasteiger partial charge is 0.481 e. The van der Waals surface area contributed by atoms with Gasteiger partial charge in [-0.25, -0.2) is 9.50 Å². The molecule has 0 bridgehead atoms. The number of carboxylic acid groups (broad SMARTS) is 1. The van der Waals surface area contributed by atoms with Crippen molar-refractivity contribution in [2.24, 2.45) is 0 Å². The Morgan fingerprint density at radius 1 is 1.40 bits per heavy atom. The fourth-order valence-corrected chi connectivity index (χ4v) is 1.99. The van der Waals surface area contributed by atoms with Crippen LogP contribution in [0.1, 0.15) is 28.2 Å². The number of carbonyl (C=O) groups is 2. The number of fused-ring (bicyclic) bond motifs is 1. The number of aromatic nitrogens is 3. The number of hydrogen-bond acceptors (Lipinski definition) is 4. The summed E-state index contributed by atoms with van der Waals surface area (Å²) in [7, 11) is 1.57. The molecule has 0 aliphatic heterocycles. The molecule has 0 radical (unpaired) electrons. The summed E-state index contributed by atoms with van der Waals surface area (Å²) in [4.78, 5) is 28.5. The summed E-state index contributed by atoms with van der Waals surface area (Å²) in [6, 6.07) is 1.88. The second kappa shape index (κ2) is 5.28. The highest BCUT2D eigenvalue weighted by Gasteiger charge is 2.19. The molecule has 0 aromatic carbocycles. The van der Waals surface area contributed by atoms with Gasteiger partial charge in [-0.3, -0.25) is 9.59 Å². The van der Waals surface area contributed by atoms with E-state index in [2.05, 4.69) is 10.1 Å². The van der Waals surface area contributed by atoms with Crippen molar-refractivity contribution < 1.29 is 14.7 Å². The van der Waals surface area contributed by atoms with Crippen molar-refractivity contribution in [3.05, 3.63) is 29.2 Å². The molecule has 0 unspecified atom stereocenters. The van der Waals surface area contributed by atoms with E-state index >= 15 is 0 Å². The Kier molecular flexibility index (Phi) is 3.69. The lowest BCUT2D eigenvalue weighted by Crippen LogP contribution is -2.29. The highest BCUT2D eigenvalue weighted by atomic mass is 16.4. The molecule has 0 fully saturated rings. The Labute approximate surface area is 115 Å². The summed E-state index contributed by atoms with van der Waals surface area (Å²) < 4.78 is 1.60. The number of aryl methyl sites for hydroxylation is 2. The summed E-state index contributed by atoms with van der Waals surface area (Å²) in [6.45, 7) is 3.88. The van der Waals surface area contributed by atoms with Crippen LogP contribution in [0, 0.1) is 13.8 Å². The Morgan fingerprint density at radius 3 is 2.75 bits per heavy atom. The van der Waals surface area contributed by atoms with Crippen LogP contribution in [0.25, 0.3) is 5.65 Å². The number of hydrogen-bond donors (Lipinski definition) is 1. The molecule has 7 nitrogen and oxygen atoms in total. The van der Waals surface area contributed by atoms with Gasteiger partial charge in [-0.15, -0.1) is 0 Å². The summed E-state index contributed by atoms with van der Waals surface area (Å²) in [5, 5.41) is 12.8. The number of amides is 1. The van der Waals surface area contributed by atoms with E-state index in [9.17, 15) is 9.59 Å². The topological polar surface area (TPSA) is 87.8 Å². The molecule has 0 saturated carbocycles. The third-order valence-electron chi connectivity index (χ3n) is 3.02. The summed E-state index contributed by atoms with van der Waals surface area (Å²) in [5.74, 6) is -1.21.